The molecule has 5 aromatic heterocycles. The zero-order valence-electron chi connectivity index (χ0n) is 35.0. The fourth-order valence-electron chi connectivity index (χ4n) is 10.3. The van der Waals surface area contributed by atoms with E-state index in [-0.39, 0.29) is 0 Å². The fourth-order valence-corrected chi connectivity index (χ4v) is 10.3. The lowest BCUT2D eigenvalue weighted by Crippen LogP contribution is -2.03. The number of para-hydroxylation sites is 5. The summed E-state index contributed by atoms with van der Waals surface area (Å²) in [6.07, 6.45) is 0. The van der Waals surface area contributed by atoms with E-state index in [9.17, 15) is 5.26 Å². The van der Waals surface area contributed by atoms with Gasteiger partial charge in [-0.15, -0.1) is 0 Å². The molecule has 0 spiro atoms. The molecule has 0 aliphatic heterocycles. The lowest BCUT2D eigenvalue weighted by atomic mass is 9.99. The van der Waals surface area contributed by atoms with Gasteiger partial charge in [0.05, 0.1) is 55.0 Å². The van der Waals surface area contributed by atoms with E-state index in [1.54, 1.807) is 0 Å². The van der Waals surface area contributed by atoms with E-state index < -0.39 is 0 Å². The van der Waals surface area contributed by atoms with Crippen LogP contribution in [0.5, 0.6) is 0 Å². The zero-order chi connectivity index (χ0) is 43.5. The van der Waals surface area contributed by atoms with Gasteiger partial charge in [0, 0.05) is 43.7 Å². The van der Waals surface area contributed by atoms with Crippen LogP contribution in [0.1, 0.15) is 5.56 Å². The van der Waals surface area contributed by atoms with E-state index in [1.807, 2.05) is 97.1 Å². The molecule has 66 heavy (non-hydrogen) atoms. The second-order valence-corrected chi connectivity index (χ2v) is 16.6. The Morgan fingerprint density at radius 2 is 0.864 bits per heavy atom. The van der Waals surface area contributed by atoms with Crippen molar-refractivity contribution >= 4 is 87.5 Å². The number of nitrogens with zero attached hydrogens (tertiary/aromatic N) is 6. The minimum absolute atomic E-state index is 0.342. The molecule has 0 fully saturated rings. The van der Waals surface area contributed by atoms with Crippen LogP contribution in [0, 0.1) is 11.3 Å². The molecular weight excluding hydrogens is 813 g/mol. The third kappa shape index (κ3) is 5.05. The minimum atomic E-state index is 0.342. The molecule has 0 aliphatic rings. The molecule has 8 heteroatoms. The first kappa shape index (κ1) is 36.2. The van der Waals surface area contributed by atoms with Gasteiger partial charge < -0.3 is 18.0 Å². The van der Waals surface area contributed by atoms with Gasteiger partial charge in [0.25, 0.3) is 0 Å². The smallest absolute Gasteiger partial charge is 0.169 e. The third-order valence-electron chi connectivity index (χ3n) is 13.0. The summed E-state index contributed by atoms with van der Waals surface area (Å²) in [5.74, 6) is 1.33. The van der Waals surface area contributed by atoms with Crippen LogP contribution < -0.4 is 0 Å². The van der Waals surface area contributed by atoms with Crippen LogP contribution in [0.15, 0.2) is 203 Å². The van der Waals surface area contributed by atoms with E-state index in [2.05, 4.69) is 112 Å². The van der Waals surface area contributed by atoms with Crippen molar-refractivity contribution in [2.75, 3.05) is 0 Å². The number of hydrogen-bond acceptors (Lipinski definition) is 6. The summed E-state index contributed by atoms with van der Waals surface area (Å²) in [6.45, 7) is 0. The molecule has 0 unspecified atom stereocenters. The number of furan rings is 2. The predicted molar refractivity (Wildman–Crippen MR) is 264 cm³/mol. The first-order valence-corrected chi connectivity index (χ1v) is 21.8. The maximum Gasteiger partial charge on any atom is 0.169 e. The molecule has 9 aromatic carbocycles. The molecule has 8 nitrogen and oxygen atoms in total. The van der Waals surface area contributed by atoms with Crippen molar-refractivity contribution in [1.82, 2.24) is 24.1 Å². The number of benzene rings is 9. The Morgan fingerprint density at radius 1 is 0.409 bits per heavy atom. The standard InChI is InChI=1S/C58H32N6O2/c59-33-36-32-44(48-40-26-12-16-30-45(40)65-54(48)47(36)58-61-56(34-18-4-1-5-19-34)60-57(62-58)35-20-6-2-7-21-35)64-43-29-15-11-25-39(43)50-53(64)49-38-24-10-14-28-42(38)63(37-22-8-3-9-23-37)52(49)51-41-27-13-17-31-46(41)66-55(50)51/h1-32H. The summed E-state index contributed by atoms with van der Waals surface area (Å²) in [6, 6.07) is 68.3. The predicted octanol–water partition coefficient (Wildman–Crippen LogP) is 14.7. The molecule has 0 saturated heterocycles. The normalized spacial score (nSPS) is 11.9. The van der Waals surface area contributed by atoms with Crippen LogP contribution in [0.4, 0.5) is 0 Å². The van der Waals surface area contributed by atoms with E-state index >= 15 is 0 Å². The van der Waals surface area contributed by atoms with E-state index in [0.29, 0.717) is 39.8 Å². The SMILES string of the molecule is N#Cc1cc(-n2c3ccccc3c3c4oc5ccccc5c4c4c(c5ccccc5n4-c4ccccc4)c32)c2c(oc3ccccc32)c1-c1nc(-c2ccccc2)nc(-c2ccccc2)n1. The van der Waals surface area contributed by atoms with Crippen LogP contribution >= 0.6 is 0 Å². The molecule has 0 amide bonds. The highest BCUT2D eigenvalue weighted by atomic mass is 16.3. The molecule has 306 valence electrons. The van der Waals surface area contributed by atoms with E-state index in [1.165, 1.54) is 0 Å². The highest BCUT2D eigenvalue weighted by molar-refractivity contribution is 6.39. The average Bonchev–Trinajstić information content (AvgIpc) is 4.15. The number of hydrogen-bond donors (Lipinski definition) is 0. The van der Waals surface area contributed by atoms with Crippen molar-refractivity contribution in [3.05, 3.63) is 200 Å². The monoisotopic (exact) mass is 844 g/mol. The zero-order valence-corrected chi connectivity index (χ0v) is 35.0. The molecule has 5 heterocycles. The fraction of sp³-hybridized carbons (Fsp3) is 0. The molecular formula is C58H32N6O2. The average molecular weight is 845 g/mol. The van der Waals surface area contributed by atoms with Gasteiger partial charge >= 0.3 is 0 Å². The molecule has 0 bridgehead atoms. The van der Waals surface area contributed by atoms with E-state index in [0.717, 1.165) is 98.8 Å². The van der Waals surface area contributed by atoms with Crippen molar-refractivity contribution in [3.8, 4) is 51.6 Å². The molecule has 14 rings (SSSR count). The van der Waals surface area contributed by atoms with Crippen LogP contribution in [0.25, 0.3) is 133 Å². The summed E-state index contributed by atoms with van der Waals surface area (Å²) in [4.78, 5) is 15.2. The Labute approximate surface area is 375 Å². The van der Waals surface area contributed by atoms with Gasteiger partial charge in [0.1, 0.15) is 28.4 Å². The number of fused-ring (bicyclic) bond motifs is 15. The second-order valence-electron chi connectivity index (χ2n) is 16.6. The lowest BCUT2D eigenvalue weighted by Gasteiger charge is -2.15. The molecule has 0 saturated carbocycles. The van der Waals surface area contributed by atoms with E-state index in [4.69, 9.17) is 23.8 Å². The minimum Gasteiger partial charge on any atom is -0.455 e. The van der Waals surface area contributed by atoms with Crippen molar-refractivity contribution in [2.24, 2.45) is 0 Å². The number of aromatic nitrogens is 5. The Balaban J connectivity index is 1.19. The number of rotatable bonds is 5. The lowest BCUT2D eigenvalue weighted by molar-refractivity contribution is 0.669. The van der Waals surface area contributed by atoms with Crippen molar-refractivity contribution in [1.29, 1.82) is 5.26 Å². The van der Waals surface area contributed by atoms with Crippen LogP contribution in [-0.2, 0) is 0 Å². The van der Waals surface area contributed by atoms with Crippen molar-refractivity contribution in [2.45, 2.75) is 0 Å². The Hall–Kier alpha value is -9.32. The summed E-state index contributed by atoms with van der Waals surface area (Å²) in [7, 11) is 0. The van der Waals surface area contributed by atoms with Gasteiger partial charge in [-0.2, -0.15) is 5.26 Å². The molecule has 14 aromatic rings. The summed E-state index contributed by atoms with van der Waals surface area (Å²) < 4.78 is 18.7. The van der Waals surface area contributed by atoms with Crippen LogP contribution in [0.2, 0.25) is 0 Å². The third-order valence-corrected chi connectivity index (χ3v) is 13.0. The van der Waals surface area contributed by atoms with Gasteiger partial charge in [0.2, 0.25) is 0 Å². The van der Waals surface area contributed by atoms with Crippen LogP contribution in [-0.4, -0.2) is 24.1 Å². The molecule has 0 aliphatic carbocycles. The van der Waals surface area contributed by atoms with Crippen molar-refractivity contribution in [3.63, 3.8) is 0 Å². The van der Waals surface area contributed by atoms with Crippen molar-refractivity contribution < 1.29 is 8.83 Å². The molecule has 0 N–H and O–H groups in total. The Morgan fingerprint density at radius 3 is 1.48 bits per heavy atom. The molecule has 0 radical (unpaired) electrons. The molecule has 0 atom stereocenters. The summed E-state index contributed by atoms with van der Waals surface area (Å²) >= 11 is 0. The Bertz CT molecular complexity index is 4290. The van der Waals surface area contributed by atoms with Gasteiger partial charge in [0.15, 0.2) is 17.5 Å². The summed E-state index contributed by atoms with van der Waals surface area (Å²) in [5.41, 5.74) is 11.2. The highest BCUT2D eigenvalue weighted by Gasteiger charge is 2.31. The second kappa shape index (κ2) is 13.8. The highest BCUT2D eigenvalue weighted by Crippen LogP contribution is 2.51. The maximum absolute atomic E-state index is 11.4. The largest absolute Gasteiger partial charge is 0.455 e. The first-order valence-electron chi connectivity index (χ1n) is 21.8. The topological polar surface area (TPSA) is 98.6 Å². The first-order chi connectivity index (χ1) is 32.7. The van der Waals surface area contributed by atoms with Gasteiger partial charge in [-0.3, -0.25) is 0 Å². The maximum atomic E-state index is 11.4. The summed E-state index contributed by atoms with van der Waals surface area (Å²) in [5, 5.41) is 19.4. The van der Waals surface area contributed by atoms with Gasteiger partial charge in [-0.05, 0) is 42.5 Å². The number of nitriles is 1. The Kier molecular flexibility index (Phi) is 7.59. The van der Waals surface area contributed by atoms with Gasteiger partial charge in [-0.25, -0.2) is 15.0 Å². The van der Waals surface area contributed by atoms with Crippen LogP contribution in [0.3, 0.4) is 0 Å². The quantitative estimate of drug-likeness (QED) is 0.171. The van der Waals surface area contributed by atoms with Gasteiger partial charge in [-0.1, -0.05) is 152 Å².